The minimum atomic E-state index is -2.89. The molecule has 0 unspecified atom stereocenters. The van der Waals surface area contributed by atoms with Crippen LogP contribution in [0.3, 0.4) is 0 Å². The van der Waals surface area contributed by atoms with E-state index < -0.39 is 31.9 Å². The Morgan fingerprint density at radius 2 is 1.62 bits per heavy atom. The highest BCUT2D eigenvalue weighted by atomic mass is 28.4. The number of aromatic amines is 1. The molecule has 8 nitrogen and oxygen atoms in total. The molecule has 3 aromatic rings. The molecular formula is C30H41N3O5Si. The molecular weight excluding hydrogens is 510 g/mol. The summed E-state index contributed by atoms with van der Waals surface area (Å²) in [5.74, 6) is 0. The van der Waals surface area contributed by atoms with Crippen LogP contribution in [0.1, 0.15) is 52.8 Å². The number of ether oxygens (including phenoxy) is 1. The largest absolute Gasteiger partial charge is 0.402 e. The third-order valence-electron chi connectivity index (χ3n) is 7.55. The van der Waals surface area contributed by atoms with Gasteiger partial charge in [-0.1, -0.05) is 81.4 Å². The third-order valence-corrected chi connectivity index (χ3v) is 12.6. The SMILES string of the molecule is Cc1cn([C@H]2C[C@H](O[Si](c3ccccc3)(c3ccccc3)C(C)(C)C)[C@@H](CON(C)C(C)C)O2)c(=O)[nH]c1=O. The first-order chi connectivity index (χ1) is 18.4. The van der Waals surface area contributed by atoms with Crippen molar-refractivity contribution in [2.24, 2.45) is 0 Å². The zero-order valence-electron chi connectivity index (χ0n) is 24.0. The van der Waals surface area contributed by atoms with Gasteiger partial charge in [0.15, 0.2) is 0 Å². The summed E-state index contributed by atoms with van der Waals surface area (Å²) in [4.78, 5) is 33.3. The maximum absolute atomic E-state index is 12.8. The number of hydrogen-bond acceptors (Lipinski definition) is 6. The maximum Gasteiger partial charge on any atom is 0.330 e. The number of H-pyrrole nitrogens is 1. The molecule has 2 aromatic carbocycles. The van der Waals surface area contributed by atoms with Crippen LogP contribution in [-0.4, -0.2) is 54.8 Å². The molecule has 0 saturated carbocycles. The molecule has 0 spiro atoms. The topological polar surface area (TPSA) is 85.8 Å². The zero-order chi connectivity index (χ0) is 28.4. The maximum atomic E-state index is 12.8. The summed E-state index contributed by atoms with van der Waals surface area (Å²) in [6.07, 6.45) is 0.608. The van der Waals surface area contributed by atoms with Gasteiger partial charge in [0, 0.05) is 31.3 Å². The highest BCUT2D eigenvalue weighted by Gasteiger charge is 2.54. The predicted molar refractivity (Wildman–Crippen MR) is 156 cm³/mol. The average molecular weight is 552 g/mol. The lowest BCUT2D eigenvalue weighted by Crippen LogP contribution is -2.68. The molecule has 1 aliphatic rings. The summed E-state index contributed by atoms with van der Waals surface area (Å²) in [7, 11) is -0.999. The highest BCUT2D eigenvalue weighted by Crippen LogP contribution is 2.41. The molecule has 39 heavy (non-hydrogen) atoms. The van der Waals surface area contributed by atoms with Crippen LogP contribution in [-0.2, 0) is 14.0 Å². The van der Waals surface area contributed by atoms with Crippen LogP contribution in [0.25, 0.3) is 0 Å². The molecule has 4 rings (SSSR count). The Labute approximate surface area is 231 Å². The Kier molecular flexibility index (Phi) is 8.77. The molecule has 0 radical (unpaired) electrons. The van der Waals surface area contributed by atoms with Gasteiger partial charge in [-0.15, -0.1) is 0 Å². The Hall–Kier alpha value is -2.82. The fourth-order valence-electron chi connectivity index (χ4n) is 5.20. The molecule has 210 valence electrons. The van der Waals surface area contributed by atoms with Crippen molar-refractivity contribution in [1.82, 2.24) is 14.6 Å². The van der Waals surface area contributed by atoms with Gasteiger partial charge in [-0.2, -0.15) is 5.06 Å². The molecule has 9 heteroatoms. The van der Waals surface area contributed by atoms with Crippen molar-refractivity contribution >= 4 is 18.7 Å². The quantitative estimate of drug-likeness (QED) is 0.324. The second-order valence-corrected chi connectivity index (χ2v) is 15.9. The van der Waals surface area contributed by atoms with Gasteiger partial charge < -0.3 is 9.16 Å². The van der Waals surface area contributed by atoms with Gasteiger partial charge in [-0.05, 0) is 36.2 Å². The van der Waals surface area contributed by atoms with Gasteiger partial charge in [0.25, 0.3) is 13.9 Å². The molecule has 0 aliphatic carbocycles. The van der Waals surface area contributed by atoms with Gasteiger partial charge in [-0.25, -0.2) is 4.79 Å². The Balaban J connectivity index is 1.79. The highest BCUT2D eigenvalue weighted by molar-refractivity contribution is 6.99. The van der Waals surface area contributed by atoms with E-state index in [2.05, 4.69) is 88.1 Å². The summed E-state index contributed by atoms with van der Waals surface area (Å²) in [5.41, 5.74) is -0.449. The molecule has 0 amide bonds. The van der Waals surface area contributed by atoms with E-state index in [1.807, 2.05) is 19.2 Å². The normalized spacial score (nSPS) is 20.2. The lowest BCUT2D eigenvalue weighted by molar-refractivity contribution is -0.193. The number of hydrogen-bond donors (Lipinski definition) is 1. The van der Waals surface area contributed by atoms with Crippen molar-refractivity contribution in [2.75, 3.05) is 13.7 Å². The number of nitrogens with zero attached hydrogens (tertiary/aromatic N) is 2. The number of rotatable bonds is 9. The number of hydroxylamine groups is 2. The lowest BCUT2D eigenvalue weighted by atomic mass is 10.2. The van der Waals surface area contributed by atoms with E-state index in [9.17, 15) is 9.59 Å². The molecule has 0 bridgehead atoms. The summed E-state index contributed by atoms with van der Waals surface area (Å²) in [6.45, 7) is 12.8. The van der Waals surface area contributed by atoms with Crippen LogP contribution in [0.2, 0.25) is 5.04 Å². The van der Waals surface area contributed by atoms with Gasteiger partial charge in [-0.3, -0.25) is 19.2 Å². The predicted octanol–water partition coefficient (Wildman–Crippen LogP) is 3.35. The van der Waals surface area contributed by atoms with Crippen LogP contribution < -0.4 is 21.6 Å². The van der Waals surface area contributed by atoms with Gasteiger partial charge in [0.05, 0.1) is 12.7 Å². The zero-order valence-corrected chi connectivity index (χ0v) is 25.0. The molecule has 2 heterocycles. The molecule has 3 atom stereocenters. The van der Waals surface area contributed by atoms with Gasteiger partial charge in [0.1, 0.15) is 12.3 Å². The second kappa shape index (κ2) is 11.7. The molecule has 1 saturated heterocycles. The molecule has 1 fully saturated rings. The number of aromatic nitrogens is 2. The fraction of sp³-hybridized carbons (Fsp3) is 0.467. The Morgan fingerprint density at radius 3 is 2.13 bits per heavy atom. The molecule has 1 aromatic heterocycles. The van der Waals surface area contributed by atoms with Gasteiger partial charge >= 0.3 is 5.69 Å². The number of nitrogens with one attached hydrogen (secondary N) is 1. The fourth-order valence-corrected chi connectivity index (χ4v) is 9.92. The van der Waals surface area contributed by atoms with E-state index in [0.29, 0.717) is 12.0 Å². The van der Waals surface area contributed by atoms with Crippen LogP contribution in [0, 0.1) is 6.92 Å². The summed E-state index contributed by atoms with van der Waals surface area (Å²) >= 11 is 0. The van der Waals surface area contributed by atoms with Crippen molar-refractivity contribution in [3.63, 3.8) is 0 Å². The Morgan fingerprint density at radius 1 is 1.05 bits per heavy atom. The van der Waals surface area contributed by atoms with E-state index in [1.165, 1.54) is 14.9 Å². The van der Waals surface area contributed by atoms with Crippen molar-refractivity contribution < 1.29 is 14.0 Å². The van der Waals surface area contributed by atoms with E-state index >= 15 is 0 Å². The molecule has 1 aliphatic heterocycles. The van der Waals surface area contributed by atoms with Crippen LogP contribution in [0.15, 0.2) is 76.4 Å². The van der Waals surface area contributed by atoms with E-state index in [-0.39, 0.29) is 23.8 Å². The summed E-state index contributed by atoms with van der Waals surface area (Å²) < 4.78 is 15.4. The minimum absolute atomic E-state index is 0.183. The van der Waals surface area contributed by atoms with Gasteiger partial charge in [0.2, 0.25) is 0 Å². The average Bonchev–Trinajstić information content (AvgIpc) is 3.30. The van der Waals surface area contributed by atoms with Crippen molar-refractivity contribution in [3.05, 3.63) is 93.3 Å². The first kappa shape index (κ1) is 29.2. The summed E-state index contributed by atoms with van der Waals surface area (Å²) in [5, 5.41) is 3.91. The summed E-state index contributed by atoms with van der Waals surface area (Å²) in [6, 6.07) is 21.1. The van der Waals surface area contributed by atoms with E-state index in [0.717, 1.165) is 0 Å². The van der Waals surface area contributed by atoms with E-state index in [1.54, 1.807) is 18.2 Å². The second-order valence-electron chi connectivity index (χ2n) is 11.6. The van der Waals surface area contributed by atoms with Crippen LogP contribution >= 0.6 is 0 Å². The number of benzene rings is 2. The van der Waals surface area contributed by atoms with Crippen molar-refractivity contribution in [1.29, 1.82) is 0 Å². The monoisotopic (exact) mass is 551 g/mol. The standard InChI is InChI=1S/C30H41N3O5Si/c1-21(2)32(7)36-20-26-25(18-27(37-26)33-19-22(3)28(34)31-29(33)35)38-39(30(4,5)6,23-14-10-8-11-15-23)24-16-12-9-13-17-24/h8-17,19,21,25-27H,18,20H2,1-7H3,(H,31,34,35)/t25-,26+,27+/m0/s1. The van der Waals surface area contributed by atoms with E-state index in [4.69, 9.17) is 14.0 Å². The number of aryl methyl sites for hydroxylation is 1. The minimum Gasteiger partial charge on any atom is -0.402 e. The smallest absolute Gasteiger partial charge is 0.330 e. The van der Waals surface area contributed by atoms with Crippen molar-refractivity contribution in [2.45, 2.75) is 77.5 Å². The Bertz CT molecular complexity index is 1310. The van der Waals surface area contributed by atoms with Crippen LogP contribution in [0.4, 0.5) is 0 Å². The molecule has 1 N–H and O–H groups in total. The van der Waals surface area contributed by atoms with Crippen molar-refractivity contribution in [3.8, 4) is 0 Å². The third kappa shape index (κ3) is 6.02. The van der Waals surface area contributed by atoms with Crippen LogP contribution in [0.5, 0.6) is 0 Å². The first-order valence-corrected chi connectivity index (χ1v) is 15.5. The first-order valence-electron chi connectivity index (χ1n) is 13.6. The lowest BCUT2D eigenvalue weighted by Gasteiger charge is -2.45.